The summed E-state index contributed by atoms with van der Waals surface area (Å²) < 4.78 is 1.80. The maximum Gasteiger partial charge on any atom is 0.257 e. The Balaban J connectivity index is 1.30. The Morgan fingerprint density at radius 3 is 2.28 bits per heavy atom. The number of hydrogen-bond acceptors (Lipinski definition) is 3. The van der Waals surface area contributed by atoms with Crippen molar-refractivity contribution >= 4 is 17.3 Å². The highest BCUT2D eigenvalue weighted by Crippen LogP contribution is 2.30. The quantitative estimate of drug-likeness (QED) is 0.623. The number of piperidine rings is 2. The number of amides is 2. The SMILES string of the molecule is Cc1ccc(C(=O)N2CCC(c3ccn4ncc(C(=O)N5CCCCC5)c4c3)CC2)cc1. The predicted molar refractivity (Wildman–Crippen MR) is 124 cm³/mol. The van der Waals surface area contributed by atoms with E-state index in [4.69, 9.17) is 0 Å². The van der Waals surface area contributed by atoms with Crippen LogP contribution in [0.15, 0.2) is 48.8 Å². The van der Waals surface area contributed by atoms with Gasteiger partial charge in [-0.2, -0.15) is 5.10 Å². The molecule has 32 heavy (non-hydrogen) atoms. The van der Waals surface area contributed by atoms with Crippen molar-refractivity contribution < 1.29 is 9.59 Å². The molecule has 6 nitrogen and oxygen atoms in total. The molecule has 0 spiro atoms. The highest BCUT2D eigenvalue weighted by atomic mass is 16.2. The number of aryl methyl sites for hydroxylation is 1. The first-order chi connectivity index (χ1) is 15.6. The Bertz CT molecular complexity index is 1120. The van der Waals surface area contributed by atoms with Gasteiger partial charge in [0.15, 0.2) is 0 Å². The Hall–Kier alpha value is -3.15. The minimum absolute atomic E-state index is 0.0929. The van der Waals surface area contributed by atoms with Gasteiger partial charge in [-0.25, -0.2) is 4.52 Å². The first-order valence-electron chi connectivity index (χ1n) is 11.7. The number of carbonyl (C=O) groups excluding carboxylic acids is 2. The van der Waals surface area contributed by atoms with E-state index in [9.17, 15) is 9.59 Å². The van der Waals surface area contributed by atoms with Gasteiger partial charge in [0.1, 0.15) is 0 Å². The fourth-order valence-electron chi connectivity index (χ4n) is 4.98. The molecular formula is C26H30N4O2. The summed E-state index contributed by atoms with van der Waals surface area (Å²) in [5.41, 5.74) is 4.73. The summed E-state index contributed by atoms with van der Waals surface area (Å²) in [5.74, 6) is 0.592. The van der Waals surface area contributed by atoms with Gasteiger partial charge in [-0.1, -0.05) is 17.7 Å². The smallest absolute Gasteiger partial charge is 0.257 e. The number of hydrogen-bond donors (Lipinski definition) is 0. The Kier molecular flexibility index (Phi) is 5.68. The Labute approximate surface area is 188 Å². The van der Waals surface area contributed by atoms with Gasteiger partial charge < -0.3 is 9.80 Å². The number of carbonyl (C=O) groups is 2. The fourth-order valence-corrected chi connectivity index (χ4v) is 4.98. The second kappa shape index (κ2) is 8.77. The zero-order valence-corrected chi connectivity index (χ0v) is 18.7. The van der Waals surface area contributed by atoms with E-state index >= 15 is 0 Å². The van der Waals surface area contributed by atoms with E-state index in [2.05, 4.69) is 17.2 Å². The third-order valence-corrected chi connectivity index (χ3v) is 6.97. The molecule has 2 amide bonds. The number of nitrogens with zero attached hydrogens (tertiary/aromatic N) is 4. The highest BCUT2D eigenvalue weighted by molar-refractivity contribution is 6.00. The third-order valence-electron chi connectivity index (χ3n) is 6.97. The van der Waals surface area contributed by atoms with E-state index in [1.807, 2.05) is 47.2 Å². The van der Waals surface area contributed by atoms with Gasteiger partial charge in [0.2, 0.25) is 0 Å². The molecule has 0 bridgehead atoms. The van der Waals surface area contributed by atoms with Crippen LogP contribution in [0.3, 0.4) is 0 Å². The summed E-state index contributed by atoms with van der Waals surface area (Å²) in [6, 6.07) is 12.0. The summed E-state index contributed by atoms with van der Waals surface area (Å²) in [7, 11) is 0. The summed E-state index contributed by atoms with van der Waals surface area (Å²) in [4.78, 5) is 29.8. The fraction of sp³-hybridized carbons (Fsp3) is 0.423. The Morgan fingerprint density at radius 1 is 0.875 bits per heavy atom. The van der Waals surface area contributed by atoms with Gasteiger partial charge in [-0.05, 0) is 74.8 Å². The van der Waals surface area contributed by atoms with Crippen LogP contribution in [0, 0.1) is 6.92 Å². The van der Waals surface area contributed by atoms with Crippen LogP contribution in [0.1, 0.15) is 69.9 Å². The molecule has 0 N–H and O–H groups in total. The Morgan fingerprint density at radius 2 is 1.56 bits per heavy atom. The molecule has 0 atom stereocenters. The average Bonchev–Trinajstić information content (AvgIpc) is 3.27. The van der Waals surface area contributed by atoms with E-state index in [1.54, 1.807) is 10.7 Å². The molecule has 1 aromatic carbocycles. The van der Waals surface area contributed by atoms with Crippen molar-refractivity contribution in [3.8, 4) is 0 Å². The van der Waals surface area contributed by atoms with Gasteiger partial charge in [-0.15, -0.1) is 0 Å². The number of benzene rings is 1. The monoisotopic (exact) mass is 430 g/mol. The van der Waals surface area contributed by atoms with Crippen molar-refractivity contribution in [1.29, 1.82) is 0 Å². The maximum absolute atomic E-state index is 13.1. The van der Waals surface area contributed by atoms with Crippen LogP contribution < -0.4 is 0 Å². The van der Waals surface area contributed by atoms with Crippen LogP contribution in [0.25, 0.3) is 5.52 Å². The van der Waals surface area contributed by atoms with Gasteiger partial charge in [0, 0.05) is 37.9 Å². The minimum Gasteiger partial charge on any atom is -0.339 e. The van der Waals surface area contributed by atoms with Crippen LogP contribution in [0.4, 0.5) is 0 Å². The topological polar surface area (TPSA) is 57.9 Å². The van der Waals surface area contributed by atoms with Crippen LogP contribution in [0.5, 0.6) is 0 Å². The van der Waals surface area contributed by atoms with E-state index in [0.29, 0.717) is 11.5 Å². The van der Waals surface area contributed by atoms with Crippen molar-refractivity contribution in [2.24, 2.45) is 0 Å². The average molecular weight is 431 g/mol. The zero-order chi connectivity index (χ0) is 22.1. The predicted octanol–water partition coefficient (Wildman–Crippen LogP) is 4.29. The second-order valence-electron chi connectivity index (χ2n) is 9.13. The lowest BCUT2D eigenvalue weighted by atomic mass is 9.89. The summed E-state index contributed by atoms with van der Waals surface area (Å²) in [5, 5.41) is 4.41. The summed E-state index contributed by atoms with van der Waals surface area (Å²) >= 11 is 0. The highest BCUT2D eigenvalue weighted by Gasteiger charge is 2.26. The summed E-state index contributed by atoms with van der Waals surface area (Å²) in [6.45, 7) is 5.21. The number of pyridine rings is 1. The van der Waals surface area contributed by atoms with Crippen molar-refractivity contribution in [2.75, 3.05) is 26.2 Å². The molecule has 2 aliphatic rings. The van der Waals surface area contributed by atoms with E-state index < -0.39 is 0 Å². The molecule has 2 saturated heterocycles. The number of rotatable bonds is 3. The van der Waals surface area contributed by atoms with Crippen LogP contribution in [-0.4, -0.2) is 57.4 Å². The van der Waals surface area contributed by atoms with Crippen LogP contribution in [0.2, 0.25) is 0 Å². The lowest BCUT2D eigenvalue weighted by molar-refractivity contribution is 0.0709. The lowest BCUT2D eigenvalue weighted by Gasteiger charge is -2.32. The molecule has 2 fully saturated rings. The number of fused-ring (bicyclic) bond motifs is 1. The van der Waals surface area contributed by atoms with Crippen molar-refractivity contribution in [1.82, 2.24) is 19.4 Å². The largest absolute Gasteiger partial charge is 0.339 e. The molecule has 0 unspecified atom stereocenters. The molecule has 166 valence electrons. The maximum atomic E-state index is 13.1. The van der Waals surface area contributed by atoms with Gasteiger partial charge in [-0.3, -0.25) is 9.59 Å². The third kappa shape index (κ3) is 4.01. The van der Waals surface area contributed by atoms with E-state index in [1.165, 1.54) is 12.0 Å². The molecule has 4 heterocycles. The molecule has 2 aromatic heterocycles. The van der Waals surface area contributed by atoms with Crippen molar-refractivity contribution in [2.45, 2.75) is 44.9 Å². The second-order valence-corrected chi connectivity index (χ2v) is 9.13. The number of aromatic nitrogens is 2. The molecule has 0 aliphatic carbocycles. The van der Waals surface area contributed by atoms with Gasteiger partial charge >= 0.3 is 0 Å². The first-order valence-corrected chi connectivity index (χ1v) is 11.7. The van der Waals surface area contributed by atoms with Gasteiger partial charge in [0.25, 0.3) is 11.8 Å². The summed E-state index contributed by atoms with van der Waals surface area (Å²) in [6.07, 6.45) is 8.88. The van der Waals surface area contributed by atoms with E-state index in [-0.39, 0.29) is 11.8 Å². The normalized spacial score (nSPS) is 17.7. The molecule has 6 heteroatoms. The zero-order valence-electron chi connectivity index (χ0n) is 18.7. The first kappa shape index (κ1) is 20.7. The molecule has 5 rings (SSSR count). The van der Waals surface area contributed by atoms with Gasteiger partial charge in [0.05, 0.1) is 17.3 Å². The lowest BCUT2D eigenvalue weighted by Crippen LogP contribution is -2.37. The molecule has 2 aliphatic heterocycles. The van der Waals surface area contributed by atoms with Crippen molar-refractivity contribution in [3.05, 3.63) is 71.0 Å². The van der Waals surface area contributed by atoms with Crippen LogP contribution >= 0.6 is 0 Å². The molecular weight excluding hydrogens is 400 g/mol. The molecule has 3 aromatic rings. The van der Waals surface area contributed by atoms with Crippen LogP contribution in [-0.2, 0) is 0 Å². The number of likely N-dealkylation sites (tertiary alicyclic amines) is 2. The standard InChI is InChI=1S/C26H30N4O2/c1-19-5-7-21(8-6-19)25(31)29-14-9-20(10-15-29)22-11-16-30-24(17-22)23(18-27-30)26(32)28-12-3-2-4-13-28/h5-8,11,16-18,20H,2-4,9-10,12-15H2,1H3. The molecule has 0 radical (unpaired) electrons. The van der Waals surface area contributed by atoms with E-state index in [0.717, 1.165) is 68.5 Å². The molecule has 0 saturated carbocycles. The minimum atomic E-state index is 0.0929. The van der Waals surface area contributed by atoms with Crippen molar-refractivity contribution in [3.63, 3.8) is 0 Å².